The fourth-order valence-corrected chi connectivity index (χ4v) is 0.844. The highest BCUT2D eigenvalue weighted by atomic mass is 16.5. The first-order valence-corrected chi connectivity index (χ1v) is 4.58. The van der Waals surface area contributed by atoms with Crippen LogP contribution in [-0.2, 0) is 14.2 Å². The number of hydrogen-bond donors (Lipinski definition) is 0. The molecule has 3 heteroatoms. The van der Waals surface area contributed by atoms with Gasteiger partial charge in [0.05, 0.1) is 25.9 Å². The van der Waals surface area contributed by atoms with Crippen molar-refractivity contribution in [1.29, 1.82) is 0 Å². The van der Waals surface area contributed by atoms with Crippen LogP contribution in [0.3, 0.4) is 0 Å². The molecule has 106 valence electrons. The van der Waals surface area contributed by atoms with Gasteiger partial charge in [0.25, 0.3) is 0 Å². The van der Waals surface area contributed by atoms with E-state index in [9.17, 15) is 0 Å². The third-order valence-electron chi connectivity index (χ3n) is 1.38. The highest BCUT2D eigenvalue weighted by molar-refractivity contribution is 4.45. The van der Waals surface area contributed by atoms with Crippen molar-refractivity contribution in [2.45, 2.75) is 56.6 Å². The van der Waals surface area contributed by atoms with Crippen LogP contribution in [0, 0.1) is 0 Å². The van der Waals surface area contributed by atoms with Crippen molar-refractivity contribution in [2.75, 3.05) is 33.0 Å². The van der Waals surface area contributed by atoms with Crippen molar-refractivity contribution in [3.8, 4) is 0 Å². The smallest absolute Gasteiger partial charge is 0.0780 e. The van der Waals surface area contributed by atoms with E-state index in [2.05, 4.69) is 0 Å². The Labute approximate surface area is 104 Å². The molecule has 3 nitrogen and oxygen atoms in total. The zero-order chi connectivity index (χ0) is 9.23. The van der Waals surface area contributed by atoms with Crippen LogP contribution in [-0.4, -0.2) is 39.1 Å². The summed E-state index contributed by atoms with van der Waals surface area (Å²) in [7, 11) is 0. The summed E-state index contributed by atoms with van der Waals surface area (Å²) in [6, 6.07) is 0. The highest BCUT2D eigenvalue weighted by Gasteiger charge is 1.99. The molecule has 0 aromatic heterocycles. The maximum atomic E-state index is 5.30. The number of rotatable bonds is 8. The molecule has 0 saturated heterocycles. The molecule has 0 aromatic carbocycles. The summed E-state index contributed by atoms with van der Waals surface area (Å²) in [5.74, 6) is 0. The molecule has 0 saturated carbocycles. The monoisotopic (exact) mass is 240 g/mol. The highest BCUT2D eigenvalue weighted by Crippen LogP contribution is 1.91. The van der Waals surface area contributed by atoms with Gasteiger partial charge in [-0.3, -0.25) is 0 Å². The van der Waals surface area contributed by atoms with E-state index in [-0.39, 0.29) is 35.8 Å². The van der Waals surface area contributed by atoms with E-state index >= 15 is 0 Å². The van der Waals surface area contributed by atoms with Gasteiger partial charge in [-0.2, -0.15) is 0 Å². The molecule has 1 unspecified atom stereocenters. The minimum absolute atomic E-state index is 0. The van der Waals surface area contributed by atoms with Gasteiger partial charge in [0.2, 0.25) is 0 Å². The van der Waals surface area contributed by atoms with Crippen molar-refractivity contribution >= 4 is 0 Å². The van der Waals surface area contributed by atoms with E-state index in [0.717, 1.165) is 13.2 Å². The molecule has 0 spiro atoms. The standard InChI is InChI=1S/C9H20O3.4CH4/c1-4-10-6-7-11-8-9(3)12-5-2;;;;/h9H,4-8H2,1-3H3;4*1H4. The molecule has 1 atom stereocenters. The first kappa shape index (κ1) is 29.7. The van der Waals surface area contributed by atoms with E-state index in [1.54, 1.807) is 0 Å². The van der Waals surface area contributed by atoms with Gasteiger partial charge in [0.15, 0.2) is 0 Å². The van der Waals surface area contributed by atoms with E-state index in [0.29, 0.717) is 19.8 Å². The lowest BCUT2D eigenvalue weighted by molar-refractivity contribution is -0.0184. The van der Waals surface area contributed by atoms with Gasteiger partial charge in [0, 0.05) is 13.2 Å². The predicted octanol–water partition coefficient (Wildman–Crippen LogP) is 4.01. The second-order valence-corrected chi connectivity index (χ2v) is 2.54. The third-order valence-corrected chi connectivity index (χ3v) is 1.38. The fourth-order valence-electron chi connectivity index (χ4n) is 0.844. The summed E-state index contributed by atoms with van der Waals surface area (Å²) in [5, 5.41) is 0. The Hall–Kier alpha value is -0.120. The largest absolute Gasteiger partial charge is 0.379 e. The first-order valence-electron chi connectivity index (χ1n) is 4.58. The van der Waals surface area contributed by atoms with Crippen LogP contribution in [0.25, 0.3) is 0 Å². The molecule has 0 aromatic rings. The topological polar surface area (TPSA) is 27.7 Å². The van der Waals surface area contributed by atoms with E-state index < -0.39 is 0 Å². The van der Waals surface area contributed by atoms with Gasteiger partial charge in [-0.15, -0.1) is 0 Å². The van der Waals surface area contributed by atoms with Gasteiger partial charge < -0.3 is 14.2 Å². The average Bonchev–Trinajstić information content (AvgIpc) is 2.05. The molecule has 0 aliphatic heterocycles. The van der Waals surface area contributed by atoms with Crippen molar-refractivity contribution in [2.24, 2.45) is 0 Å². The number of ether oxygens (including phenoxy) is 3. The maximum Gasteiger partial charge on any atom is 0.0780 e. The summed E-state index contributed by atoms with van der Waals surface area (Å²) >= 11 is 0. The maximum absolute atomic E-state index is 5.30. The quantitative estimate of drug-likeness (QED) is 0.600. The number of hydrogen-bond acceptors (Lipinski definition) is 3. The zero-order valence-corrected chi connectivity index (χ0v) is 8.34. The Morgan fingerprint density at radius 2 is 1.31 bits per heavy atom. The van der Waals surface area contributed by atoms with Crippen molar-refractivity contribution in [1.82, 2.24) is 0 Å². The lowest BCUT2D eigenvalue weighted by Gasteiger charge is -2.11. The Morgan fingerprint density at radius 1 is 0.812 bits per heavy atom. The average molecular weight is 240 g/mol. The van der Waals surface area contributed by atoms with Crippen molar-refractivity contribution in [3.63, 3.8) is 0 Å². The van der Waals surface area contributed by atoms with Gasteiger partial charge in [0.1, 0.15) is 0 Å². The van der Waals surface area contributed by atoms with Crippen LogP contribution in [0.1, 0.15) is 50.5 Å². The molecule has 0 heterocycles. The van der Waals surface area contributed by atoms with Crippen LogP contribution in [0.5, 0.6) is 0 Å². The Morgan fingerprint density at radius 3 is 1.75 bits per heavy atom. The van der Waals surface area contributed by atoms with Gasteiger partial charge in [-0.1, -0.05) is 29.7 Å². The molecule has 16 heavy (non-hydrogen) atoms. The summed E-state index contributed by atoms with van der Waals surface area (Å²) in [6.07, 6.45) is 0.191. The molecular formula is C13H36O3. The van der Waals surface area contributed by atoms with Gasteiger partial charge in [-0.25, -0.2) is 0 Å². The second-order valence-electron chi connectivity index (χ2n) is 2.54. The minimum atomic E-state index is 0. The van der Waals surface area contributed by atoms with Crippen molar-refractivity contribution < 1.29 is 14.2 Å². The summed E-state index contributed by atoms with van der Waals surface area (Å²) in [6.45, 7) is 9.45. The zero-order valence-electron chi connectivity index (χ0n) is 8.34. The van der Waals surface area contributed by atoms with Crippen LogP contribution in [0.15, 0.2) is 0 Å². The molecule has 0 aliphatic rings. The van der Waals surface area contributed by atoms with E-state index in [1.165, 1.54) is 0 Å². The fraction of sp³-hybridized carbons (Fsp3) is 1.00. The lowest BCUT2D eigenvalue weighted by Crippen LogP contribution is -2.17. The van der Waals surface area contributed by atoms with Gasteiger partial charge in [-0.05, 0) is 20.8 Å². The molecule has 0 radical (unpaired) electrons. The van der Waals surface area contributed by atoms with Crippen molar-refractivity contribution in [3.05, 3.63) is 0 Å². The van der Waals surface area contributed by atoms with Crippen LogP contribution >= 0.6 is 0 Å². The minimum Gasteiger partial charge on any atom is -0.379 e. The Balaban J connectivity index is -0.000000101. The Bertz CT molecular complexity index is 87.2. The molecule has 0 rings (SSSR count). The Kier molecular flexibility index (Phi) is 45.0. The molecule has 0 amide bonds. The lowest BCUT2D eigenvalue weighted by atomic mass is 10.4. The first-order chi connectivity index (χ1) is 5.81. The molecule has 0 bridgehead atoms. The second kappa shape index (κ2) is 24.2. The summed E-state index contributed by atoms with van der Waals surface area (Å²) in [4.78, 5) is 0. The van der Waals surface area contributed by atoms with Crippen LogP contribution in [0.2, 0.25) is 0 Å². The van der Waals surface area contributed by atoms with E-state index in [4.69, 9.17) is 14.2 Å². The molecule has 0 fully saturated rings. The normalized spacial score (nSPS) is 9.94. The summed E-state index contributed by atoms with van der Waals surface area (Å²) < 4.78 is 15.7. The van der Waals surface area contributed by atoms with Crippen LogP contribution in [0.4, 0.5) is 0 Å². The SMILES string of the molecule is C.C.C.C.CCOCCOCC(C)OCC. The van der Waals surface area contributed by atoms with Gasteiger partial charge >= 0.3 is 0 Å². The third kappa shape index (κ3) is 23.6. The van der Waals surface area contributed by atoms with Crippen LogP contribution < -0.4 is 0 Å². The van der Waals surface area contributed by atoms with E-state index in [1.807, 2.05) is 20.8 Å². The molecular weight excluding hydrogens is 204 g/mol. The molecule has 0 N–H and O–H groups in total. The molecule has 0 aliphatic carbocycles. The summed E-state index contributed by atoms with van der Waals surface area (Å²) in [5.41, 5.74) is 0. The predicted molar refractivity (Wildman–Crippen MR) is 75.3 cm³/mol.